The van der Waals surface area contributed by atoms with Gasteiger partial charge in [-0.2, -0.15) is 0 Å². The van der Waals surface area contributed by atoms with Crippen molar-refractivity contribution in [3.8, 4) is 16.9 Å². The van der Waals surface area contributed by atoms with Crippen LogP contribution < -0.4 is 5.32 Å². The highest BCUT2D eigenvalue weighted by Crippen LogP contribution is 2.25. The van der Waals surface area contributed by atoms with Crippen molar-refractivity contribution >= 4 is 5.91 Å². The largest absolute Gasteiger partial charge is 0.351 e. The molecule has 2 aromatic heterocycles. The molecule has 0 atom stereocenters. The van der Waals surface area contributed by atoms with Crippen LogP contribution in [-0.2, 0) is 6.42 Å². The van der Waals surface area contributed by atoms with Crippen LogP contribution in [0.1, 0.15) is 28.0 Å². The van der Waals surface area contributed by atoms with E-state index in [-0.39, 0.29) is 17.4 Å². The molecule has 0 aliphatic rings. The molecule has 0 aliphatic heterocycles. The Morgan fingerprint density at radius 2 is 1.84 bits per heavy atom. The summed E-state index contributed by atoms with van der Waals surface area (Å²) in [5, 5.41) is 11.3. The highest BCUT2D eigenvalue weighted by Gasteiger charge is 2.22. The normalized spacial score (nSPS) is 10.8. The SMILES string of the molecule is Cc1cc(-n2nnc(C(=O)NCCCc3ccccc3)c2-c2ccncc2)ccc1F. The van der Waals surface area contributed by atoms with Gasteiger partial charge in [0.15, 0.2) is 5.69 Å². The monoisotopic (exact) mass is 415 g/mol. The van der Waals surface area contributed by atoms with Crippen LogP contribution in [0.3, 0.4) is 0 Å². The Kier molecular flexibility index (Phi) is 6.12. The van der Waals surface area contributed by atoms with Gasteiger partial charge < -0.3 is 5.32 Å². The first-order valence-corrected chi connectivity index (χ1v) is 10.1. The maximum atomic E-state index is 13.7. The Bertz CT molecular complexity index is 1180. The maximum Gasteiger partial charge on any atom is 0.274 e. The standard InChI is InChI=1S/C24H22FN5O/c1-17-16-20(9-10-21(17)25)30-23(19-11-14-26-15-12-19)22(28-29-30)24(31)27-13-5-8-18-6-3-2-4-7-18/h2-4,6-7,9-12,14-16H,5,8,13H2,1H3,(H,27,31). The second-order valence-electron chi connectivity index (χ2n) is 7.21. The molecular weight excluding hydrogens is 393 g/mol. The summed E-state index contributed by atoms with van der Waals surface area (Å²) in [6.45, 7) is 2.20. The minimum atomic E-state index is -0.301. The third-order valence-electron chi connectivity index (χ3n) is 5.00. The lowest BCUT2D eigenvalue weighted by Crippen LogP contribution is -2.25. The van der Waals surface area contributed by atoms with Crippen molar-refractivity contribution in [2.24, 2.45) is 0 Å². The summed E-state index contributed by atoms with van der Waals surface area (Å²) in [7, 11) is 0. The summed E-state index contributed by atoms with van der Waals surface area (Å²) in [5.74, 6) is -0.601. The zero-order chi connectivity index (χ0) is 21.6. The van der Waals surface area contributed by atoms with Crippen LogP contribution in [0.4, 0.5) is 4.39 Å². The number of hydrogen-bond donors (Lipinski definition) is 1. The van der Waals surface area contributed by atoms with Crippen molar-refractivity contribution in [1.82, 2.24) is 25.3 Å². The highest BCUT2D eigenvalue weighted by molar-refractivity contribution is 5.98. The van der Waals surface area contributed by atoms with Crippen molar-refractivity contribution in [1.29, 1.82) is 0 Å². The molecule has 2 heterocycles. The van der Waals surface area contributed by atoms with Crippen LogP contribution in [0.5, 0.6) is 0 Å². The van der Waals surface area contributed by atoms with Gasteiger partial charge in [-0.1, -0.05) is 35.5 Å². The summed E-state index contributed by atoms with van der Waals surface area (Å²) in [6.07, 6.45) is 4.97. The van der Waals surface area contributed by atoms with Gasteiger partial charge >= 0.3 is 0 Å². The highest BCUT2D eigenvalue weighted by atomic mass is 19.1. The van der Waals surface area contributed by atoms with Gasteiger partial charge in [0.05, 0.1) is 5.69 Å². The molecule has 0 aliphatic carbocycles. The minimum absolute atomic E-state index is 0.216. The number of pyridine rings is 1. The third kappa shape index (κ3) is 4.66. The lowest BCUT2D eigenvalue weighted by Gasteiger charge is -2.10. The molecule has 1 N–H and O–H groups in total. The molecule has 0 unspecified atom stereocenters. The van der Waals surface area contributed by atoms with E-state index in [9.17, 15) is 9.18 Å². The van der Waals surface area contributed by atoms with E-state index in [0.29, 0.717) is 23.5 Å². The molecule has 6 nitrogen and oxygen atoms in total. The van der Waals surface area contributed by atoms with Gasteiger partial charge in [-0.25, -0.2) is 9.07 Å². The lowest BCUT2D eigenvalue weighted by atomic mass is 10.1. The van der Waals surface area contributed by atoms with E-state index >= 15 is 0 Å². The average molecular weight is 415 g/mol. The summed E-state index contributed by atoms with van der Waals surface area (Å²) < 4.78 is 15.3. The molecule has 0 bridgehead atoms. The molecule has 4 aromatic rings. The Morgan fingerprint density at radius 1 is 1.06 bits per heavy atom. The van der Waals surface area contributed by atoms with Gasteiger partial charge in [0.1, 0.15) is 11.5 Å². The summed E-state index contributed by atoms with van der Waals surface area (Å²) in [5.41, 5.74) is 3.84. The van der Waals surface area contributed by atoms with E-state index in [1.54, 1.807) is 48.3 Å². The predicted octanol–water partition coefficient (Wildman–Crippen LogP) is 4.14. The van der Waals surface area contributed by atoms with Gasteiger partial charge in [-0.05, 0) is 61.2 Å². The molecule has 156 valence electrons. The van der Waals surface area contributed by atoms with Crippen LogP contribution in [-0.4, -0.2) is 32.4 Å². The third-order valence-corrected chi connectivity index (χ3v) is 5.00. The molecule has 0 saturated carbocycles. The quantitative estimate of drug-likeness (QED) is 0.461. The number of aryl methyl sites for hydroxylation is 2. The molecule has 0 fully saturated rings. The molecule has 2 aromatic carbocycles. The fourth-order valence-corrected chi connectivity index (χ4v) is 3.37. The van der Waals surface area contributed by atoms with Gasteiger partial charge in [0, 0.05) is 24.5 Å². The number of rotatable bonds is 7. The van der Waals surface area contributed by atoms with Crippen molar-refractivity contribution in [2.45, 2.75) is 19.8 Å². The number of amides is 1. The van der Waals surface area contributed by atoms with E-state index in [2.05, 4.69) is 32.7 Å². The summed E-state index contributed by atoms with van der Waals surface area (Å²) >= 11 is 0. The Hall–Kier alpha value is -3.87. The van der Waals surface area contributed by atoms with Crippen LogP contribution in [0.15, 0.2) is 73.1 Å². The maximum absolute atomic E-state index is 13.7. The number of halogens is 1. The minimum Gasteiger partial charge on any atom is -0.351 e. The molecule has 4 rings (SSSR count). The topological polar surface area (TPSA) is 72.7 Å². The smallest absolute Gasteiger partial charge is 0.274 e. The fraction of sp³-hybridized carbons (Fsp3) is 0.167. The van der Waals surface area contributed by atoms with Crippen molar-refractivity contribution in [3.63, 3.8) is 0 Å². The first-order valence-electron chi connectivity index (χ1n) is 10.1. The first kappa shape index (κ1) is 20.4. The molecule has 0 radical (unpaired) electrons. The fourth-order valence-electron chi connectivity index (χ4n) is 3.37. The average Bonchev–Trinajstić information content (AvgIpc) is 3.25. The lowest BCUT2D eigenvalue weighted by molar-refractivity contribution is 0.0949. The van der Waals surface area contributed by atoms with Gasteiger partial charge in [-0.15, -0.1) is 5.10 Å². The van der Waals surface area contributed by atoms with E-state index in [1.807, 2.05) is 18.2 Å². The Labute approximate surface area is 179 Å². The van der Waals surface area contributed by atoms with Crippen LogP contribution in [0, 0.1) is 12.7 Å². The van der Waals surface area contributed by atoms with Gasteiger partial charge in [-0.3, -0.25) is 9.78 Å². The van der Waals surface area contributed by atoms with Crippen molar-refractivity contribution < 1.29 is 9.18 Å². The molecular formula is C24H22FN5O. The van der Waals surface area contributed by atoms with Crippen LogP contribution in [0.2, 0.25) is 0 Å². The molecule has 1 amide bonds. The van der Waals surface area contributed by atoms with Crippen molar-refractivity contribution in [2.75, 3.05) is 6.54 Å². The number of carbonyl (C=O) groups is 1. The zero-order valence-corrected chi connectivity index (χ0v) is 17.1. The number of nitrogens with one attached hydrogen (secondary N) is 1. The number of aromatic nitrogens is 4. The van der Waals surface area contributed by atoms with Gasteiger partial charge in [0.2, 0.25) is 0 Å². The van der Waals surface area contributed by atoms with E-state index < -0.39 is 0 Å². The number of carbonyl (C=O) groups excluding carboxylic acids is 1. The molecule has 7 heteroatoms. The first-order chi connectivity index (χ1) is 15.1. The molecule has 0 saturated heterocycles. The second-order valence-corrected chi connectivity index (χ2v) is 7.21. The van der Waals surface area contributed by atoms with E-state index in [4.69, 9.17) is 0 Å². The van der Waals surface area contributed by atoms with Crippen LogP contribution >= 0.6 is 0 Å². The van der Waals surface area contributed by atoms with Crippen LogP contribution in [0.25, 0.3) is 16.9 Å². The molecule has 31 heavy (non-hydrogen) atoms. The summed E-state index contributed by atoms with van der Waals surface area (Å²) in [6, 6.07) is 18.4. The number of benzene rings is 2. The Balaban J connectivity index is 1.57. The zero-order valence-electron chi connectivity index (χ0n) is 17.1. The van der Waals surface area contributed by atoms with E-state index in [1.165, 1.54) is 11.6 Å². The Morgan fingerprint density at radius 3 is 2.58 bits per heavy atom. The van der Waals surface area contributed by atoms with E-state index in [0.717, 1.165) is 18.4 Å². The number of hydrogen-bond acceptors (Lipinski definition) is 4. The second kappa shape index (κ2) is 9.30. The van der Waals surface area contributed by atoms with Gasteiger partial charge in [0.25, 0.3) is 5.91 Å². The summed E-state index contributed by atoms with van der Waals surface area (Å²) in [4.78, 5) is 17.0. The van der Waals surface area contributed by atoms with Crippen molar-refractivity contribution in [3.05, 3.63) is 95.7 Å². The predicted molar refractivity (Wildman–Crippen MR) is 116 cm³/mol. The number of nitrogens with zero attached hydrogens (tertiary/aromatic N) is 4. The molecule has 0 spiro atoms.